The zero-order chi connectivity index (χ0) is 11.8. The summed E-state index contributed by atoms with van der Waals surface area (Å²) in [5, 5.41) is 0.979. The van der Waals surface area contributed by atoms with Crippen LogP contribution in [0.15, 0.2) is 34.9 Å². The fourth-order valence-corrected chi connectivity index (χ4v) is 1.42. The first-order valence-corrected chi connectivity index (χ1v) is 5.16. The van der Waals surface area contributed by atoms with Gasteiger partial charge in [-0.15, -0.1) is 0 Å². The van der Waals surface area contributed by atoms with Gasteiger partial charge < -0.3 is 9.15 Å². The van der Waals surface area contributed by atoms with Crippen molar-refractivity contribution in [3.8, 4) is 0 Å². The molecule has 0 amide bonds. The average Bonchev–Trinajstić information content (AvgIpc) is 2.61. The van der Waals surface area contributed by atoms with Gasteiger partial charge in [-0.3, -0.25) is 0 Å². The van der Waals surface area contributed by atoms with Crippen LogP contribution in [0.5, 0.6) is 0 Å². The highest BCUT2D eigenvalue weighted by Gasteiger charge is 2.18. The molecule has 0 bridgehead atoms. The molecule has 0 aliphatic carbocycles. The van der Waals surface area contributed by atoms with Gasteiger partial charge in [0.05, 0.1) is 11.8 Å². The van der Waals surface area contributed by atoms with Gasteiger partial charge in [0.15, 0.2) is 0 Å². The van der Waals surface area contributed by atoms with Crippen LogP contribution >= 0.6 is 0 Å². The molecule has 0 saturated heterocycles. The highest BCUT2D eigenvalue weighted by molar-refractivity contribution is 5.94. The molecule has 0 aliphatic rings. The van der Waals surface area contributed by atoms with Crippen LogP contribution in [0.25, 0.3) is 11.0 Å². The average molecular weight is 218 g/mol. The van der Waals surface area contributed by atoms with Crippen molar-refractivity contribution in [3.05, 3.63) is 36.1 Å². The second-order valence-electron chi connectivity index (χ2n) is 4.68. The third-order valence-corrected chi connectivity index (χ3v) is 2.09. The molecule has 0 unspecified atom stereocenters. The normalized spacial score (nSPS) is 11.7. The fraction of sp³-hybridized carbons (Fsp3) is 0.308. The first kappa shape index (κ1) is 10.7. The fourth-order valence-electron chi connectivity index (χ4n) is 1.42. The lowest BCUT2D eigenvalue weighted by Crippen LogP contribution is -2.23. The zero-order valence-electron chi connectivity index (χ0n) is 9.61. The Hall–Kier alpha value is -1.77. The zero-order valence-corrected chi connectivity index (χ0v) is 9.61. The molecular formula is C13H14O3. The topological polar surface area (TPSA) is 39.4 Å². The van der Waals surface area contributed by atoms with Crippen molar-refractivity contribution in [2.45, 2.75) is 26.4 Å². The van der Waals surface area contributed by atoms with Crippen LogP contribution in [0.2, 0.25) is 0 Å². The van der Waals surface area contributed by atoms with Crippen LogP contribution in [-0.4, -0.2) is 11.6 Å². The monoisotopic (exact) mass is 218 g/mol. The molecule has 0 saturated carbocycles. The summed E-state index contributed by atoms with van der Waals surface area (Å²) in [4.78, 5) is 11.8. The van der Waals surface area contributed by atoms with Gasteiger partial charge in [0, 0.05) is 5.39 Å². The second kappa shape index (κ2) is 3.67. The Morgan fingerprint density at radius 1 is 1.25 bits per heavy atom. The van der Waals surface area contributed by atoms with Gasteiger partial charge in [-0.05, 0) is 39.0 Å². The van der Waals surface area contributed by atoms with Crippen LogP contribution in [0.4, 0.5) is 0 Å². The standard InChI is InChI=1S/C13H14O3/c1-13(2,3)16-12(14)10-5-4-9-6-7-15-11(9)8-10/h4-8H,1-3H3. The summed E-state index contributed by atoms with van der Waals surface area (Å²) in [5.41, 5.74) is 0.732. The highest BCUT2D eigenvalue weighted by Crippen LogP contribution is 2.19. The summed E-state index contributed by atoms with van der Waals surface area (Å²) >= 11 is 0. The van der Waals surface area contributed by atoms with Crippen molar-refractivity contribution in [2.24, 2.45) is 0 Å². The first-order chi connectivity index (χ1) is 7.46. The van der Waals surface area contributed by atoms with E-state index in [4.69, 9.17) is 9.15 Å². The smallest absolute Gasteiger partial charge is 0.338 e. The summed E-state index contributed by atoms with van der Waals surface area (Å²) < 4.78 is 10.5. The van der Waals surface area contributed by atoms with Gasteiger partial charge in [0.25, 0.3) is 0 Å². The van der Waals surface area contributed by atoms with Crippen LogP contribution in [0, 0.1) is 0 Å². The summed E-state index contributed by atoms with van der Waals surface area (Å²) in [5.74, 6) is -0.328. The number of fused-ring (bicyclic) bond motifs is 1. The Kier molecular flexibility index (Phi) is 2.46. The van der Waals surface area contributed by atoms with E-state index in [0.29, 0.717) is 11.1 Å². The van der Waals surface area contributed by atoms with E-state index in [-0.39, 0.29) is 5.97 Å². The number of benzene rings is 1. The van der Waals surface area contributed by atoms with E-state index < -0.39 is 5.60 Å². The number of ether oxygens (including phenoxy) is 1. The molecular weight excluding hydrogens is 204 g/mol. The number of carbonyl (C=O) groups is 1. The predicted molar refractivity (Wildman–Crippen MR) is 61.4 cm³/mol. The van der Waals surface area contributed by atoms with Gasteiger partial charge >= 0.3 is 5.97 Å². The van der Waals surface area contributed by atoms with Crippen LogP contribution in [-0.2, 0) is 4.74 Å². The molecule has 16 heavy (non-hydrogen) atoms. The number of carbonyl (C=O) groups excluding carboxylic acids is 1. The second-order valence-corrected chi connectivity index (χ2v) is 4.68. The highest BCUT2D eigenvalue weighted by atomic mass is 16.6. The maximum atomic E-state index is 11.8. The molecule has 0 radical (unpaired) electrons. The van der Waals surface area contributed by atoms with Gasteiger partial charge in [0.1, 0.15) is 11.2 Å². The van der Waals surface area contributed by atoms with E-state index in [0.717, 1.165) is 5.39 Å². The summed E-state index contributed by atoms with van der Waals surface area (Å²) in [6.45, 7) is 5.53. The van der Waals surface area contributed by atoms with Crippen molar-refractivity contribution in [1.29, 1.82) is 0 Å². The SMILES string of the molecule is CC(C)(C)OC(=O)c1ccc2ccoc2c1. The molecule has 0 aliphatic heterocycles. The number of rotatable bonds is 1. The molecule has 0 spiro atoms. The third kappa shape index (κ3) is 2.24. The minimum absolute atomic E-state index is 0.328. The lowest BCUT2D eigenvalue weighted by Gasteiger charge is -2.19. The number of esters is 1. The molecule has 2 rings (SSSR count). The van der Waals surface area contributed by atoms with Gasteiger partial charge in [0.2, 0.25) is 0 Å². The van der Waals surface area contributed by atoms with E-state index in [1.165, 1.54) is 0 Å². The molecule has 1 aromatic heterocycles. The molecule has 84 valence electrons. The Balaban J connectivity index is 2.29. The minimum atomic E-state index is -0.477. The molecule has 0 N–H and O–H groups in total. The van der Waals surface area contributed by atoms with Crippen molar-refractivity contribution >= 4 is 16.9 Å². The lowest BCUT2D eigenvalue weighted by atomic mass is 10.1. The minimum Gasteiger partial charge on any atom is -0.464 e. The Morgan fingerprint density at radius 2 is 2.00 bits per heavy atom. The van der Waals surface area contributed by atoms with E-state index in [2.05, 4.69) is 0 Å². The van der Waals surface area contributed by atoms with E-state index in [1.54, 1.807) is 18.4 Å². The van der Waals surface area contributed by atoms with Crippen molar-refractivity contribution in [2.75, 3.05) is 0 Å². The molecule has 2 aromatic rings. The van der Waals surface area contributed by atoms with Crippen molar-refractivity contribution in [1.82, 2.24) is 0 Å². The van der Waals surface area contributed by atoms with E-state index in [9.17, 15) is 4.79 Å². The third-order valence-electron chi connectivity index (χ3n) is 2.09. The molecule has 0 atom stereocenters. The largest absolute Gasteiger partial charge is 0.464 e. The number of furan rings is 1. The Bertz CT molecular complexity index is 517. The molecule has 3 nitrogen and oxygen atoms in total. The van der Waals surface area contributed by atoms with Crippen LogP contribution < -0.4 is 0 Å². The summed E-state index contributed by atoms with van der Waals surface area (Å²) in [6, 6.07) is 7.14. The van der Waals surface area contributed by atoms with Crippen molar-refractivity contribution < 1.29 is 13.9 Å². The van der Waals surface area contributed by atoms with Crippen LogP contribution in [0.1, 0.15) is 31.1 Å². The number of hydrogen-bond donors (Lipinski definition) is 0. The van der Waals surface area contributed by atoms with Crippen molar-refractivity contribution in [3.63, 3.8) is 0 Å². The maximum Gasteiger partial charge on any atom is 0.338 e. The van der Waals surface area contributed by atoms with E-state index >= 15 is 0 Å². The van der Waals surface area contributed by atoms with E-state index in [1.807, 2.05) is 32.9 Å². The summed E-state index contributed by atoms with van der Waals surface area (Å²) in [7, 11) is 0. The molecule has 0 fully saturated rings. The maximum absolute atomic E-state index is 11.8. The quantitative estimate of drug-likeness (QED) is 0.689. The Morgan fingerprint density at radius 3 is 2.69 bits per heavy atom. The number of hydrogen-bond acceptors (Lipinski definition) is 3. The van der Waals surface area contributed by atoms with Gasteiger partial charge in [-0.2, -0.15) is 0 Å². The van der Waals surface area contributed by atoms with Crippen LogP contribution in [0.3, 0.4) is 0 Å². The Labute approximate surface area is 94.0 Å². The first-order valence-electron chi connectivity index (χ1n) is 5.16. The lowest BCUT2D eigenvalue weighted by molar-refractivity contribution is 0.00696. The molecule has 3 heteroatoms. The molecule has 1 heterocycles. The predicted octanol–water partition coefficient (Wildman–Crippen LogP) is 3.39. The molecule has 1 aromatic carbocycles. The summed E-state index contributed by atoms with van der Waals surface area (Å²) in [6.07, 6.45) is 1.60. The van der Waals surface area contributed by atoms with Gasteiger partial charge in [-0.1, -0.05) is 6.07 Å². The van der Waals surface area contributed by atoms with Gasteiger partial charge in [-0.25, -0.2) is 4.79 Å².